The van der Waals surface area contributed by atoms with Crippen LogP contribution in [-0.2, 0) is 14.8 Å². The molecule has 0 spiro atoms. The predicted octanol–water partition coefficient (Wildman–Crippen LogP) is 4.35. The minimum atomic E-state index is -3.33. The van der Waals surface area contributed by atoms with Crippen molar-refractivity contribution in [1.29, 1.82) is 0 Å². The zero-order valence-electron chi connectivity index (χ0n) is 17.2. The minimum absolute atomic E-state index is 0.328. The number of anilines is 4. The van der Waals surface area contributed by atoms with Gasteiger partial charge in [0.2, 0.25) is 15.9 Å². The molecule has 0 unspecified atom stereocenters. The van der Waals surface area contributed by atoms with Gasteiger partial charge in [-0.15, -0.1) is 0 Å². The zero-order valence-corrected chi connectivity index (χ0v) is 18.0. The molecule has 3 aromatic carbocycles. The van der Waals surface area contributed by atoms with E-state index >= 15 is 0 Å². The Morgan fingerprint density at radius 3 is 1.75 bits per heavy atom. The van der Waals surface area contributed by atoms with E-state index in [-0.39, 0.29) is 11.9 Å². The van der Waals surface area contributed by atoms with Crippen LogP contribution in [0.3, 0.4) is 0 Å². The summed E-state index contributed by atoms with van der Waals surface area (Å²) in [7, 11) is -3.33. The first-order valence-electron chi connectivity index (χ1n) is 9.57. The molecule has 3 aromatic rings. The first-order valence-corrected chi connectivity index (χ1v) is 11.5. The molecule has 0 saturated carbocycles. The third kappa shape index (κ3) is 7.62. The maximum atomic E-state index is 12.1. The quantitative estimate of drug-likeness (QED) is 0.400. The number of rotatable bonds is 7. The number of sulfonamides is 1. The van der Waals surface area contributed by atoms with Gasteiger partial charge in [-0.2, -0.15) is 0 Å². The Morgan fingerprint density at radius 1 is 0.688 bits per heavy atom. The summed E-state index contributed by atoms with van der Waals surface area (Å²) in [5, 5.41) is 8.17. The standard InChI is InChI=1S/C23H22N4O4S/c1-32(30,31)27-21-10-7-17(8-11-21)9-16-22(28)24-19-12-14-20(15-13-19)26-23(29)25-18-5-3-2-4-6-18/h2-16,27H,1H3,(H,24,28)(H2,25,26,29). The van der Waals surface area contributed by atoms with E-state index in [0.29, 0.717) is 22.7 Å². The number of carbonyl (C=O) groups excluding carboxylic acids is 2. The molecule has 0 fully saturated rings. The first-order chi connectivity index (χ1) is 15.3. The summed E-state index contributed by atoms with van der Waals surface area (Å²) in [6.07, 6.45) is 4.06. The number of para-hydroxylation sites is 1. The largest absolute Gasteiger partial charge is 0.323 e. The number of hydrogen-bond acceptors (Lipinski definition) is 4. The Morgan fingerprint density at radius 2 is 1.19 bits per heavy atom. The molecule has 9 heteroatoms. The summed E-state index contributed by atoms with van der Waals surface area (Å²) in [4.78, 5) is 24.2. The van der Waals surface area contributed by atoms with Gasteiger partial charge in [-0.3, -0.25) is 9.52 Å². The first kappa shape index (κ1) is 22.6. The molecule has 0 aliphatic heterocycles. The molecular weight excluding hydrogens is 428 g/mol. The fourth-order valence-corrected chi connectivity index (χ4v) is 3.25. The van der Waals surface area contributed by atoms with Gasteiger partial charge in [-0.25, -0.2) is 13.2 Å². The lowest BCUT2D eigenvalue weighted by molar-refractivity contribution is -0.111. The number of urea groups is 1. The van der Waals surface area contributed by atoms with Crippen molar-refractivity contribution < 1.29 is 18.0 Å². The van der Waals surface area contributed by atoms with Crippen LogP contribution in [0.15, 0.2) is 84.9 Å². The van der Waals surface area contributed by atoms with Crippen LogP contribution in [0.5, 0.6) is 0 Å². The molecule has 3 rings (SSSR count). The molecule has 0 aliphatic rings. The lowest BCUT2D eigenvalue weighted by Crippen LogP contribution is -2.19. The van der Waals surface area contributed by atoms with E-state index in [1.165, 1.54) is 6.08 Å². The smallest absolute Gasteiger partial charge is 0.323 e. The van der Waals surface area contributed by atoms with E-state index in [0.717, 1.165) is 11.8 Å². The van der Waals surface area contributed by atoms with E-state index in [4.69, 9.17) is 0 Å². The van der Waals surface area contributed by atoms with E-state index in [9.17, 15) is 18.0 Å². The second-order valence-corrected chi connectivity index (χ2v) is 8.59. The summed E-state index contributed by atoms with van der Waals surface area (Å²) in [5.74, 6) is -0.328. The van der Waals surface area contributed by atoms with Crippen molar-refractivity contribution in [3.63, 3.8) is 0 Å². The molecule has 164 valence electrons. The highest BCUT2D eigenvalue weighted by molar-refractivity contribution is 7.92. The Balaban J connectivity index is 1.50. The van der Waals surface area contributed by atoms with E-state index in [2.05, 4.69) is 20.7 Å². The van der Waals surface area contributed by atoms with Gasteiger partial charge < -0.3 is 16.0 Å². The monoisotopic (exact) mass is 450 g/mol. The zero-order chi connectivity index (χ0) is 23.0. The molecule has 8 nitrogen and oxygen atoms in total. The van der Waals surface area contributed by atoms with Gasteiger partial charge >= 0.3 is 6.03 Å². The van der Waals surface area contributed by atoms with E-state index < -0.39 is 10.0 Å². The summed E-state index contributed by atoms with van der Waals surface area (Å²) in [6.45, 7) is 0. The molecular formula is C23H22N4O4S. The van der Waals surface area contributed by atoms with Gasteiger partial charge in [0.25, 0.3) is 0 Å². The van der Waals surface area contributed by atoms with Crippen molar-refractivity contribution in [3.05, 3.63) is 90.5 Å². The van der Waals surface area contributed by atoms with E-state index in [1.54, 1.807) is 66.7 Å². The van der Waals surface area contributed by atoms with Crippen LogP contribution < -0.4 is 20.7 Å². The van der Waals surface area contributed by atoms with Crippen molar-refractivity contribution >= 4 is 50.8 Å². The Hall–Kier alpha value is -4.11. The lowest BCUT2D eigenvalue weighted by atomic mass is 10.2. The van der Waals surface area contributed by atoms with Crippen LogP contribution in [0.25, 0.3) is 6.08 Å². The second-order valence-electron chi connectivity index (χ2n) is 6.84. The average molecular weight is 451 g/mol. The van der Waals surface area contributed by atoms with Crippen molar-refractivity contribution in [2.45, 2.75) is 0 Å². The van der Waals surface area contributed by atoms with Crippen molar-refractivity contribution in [3.8, 4) is 0 Å². The van der Waals surface area contributed by atoms with Crippen molar-refractivity contribution in [1.82, 2.24) is 0 Å². The summed E-state index contributed by atoms with van der Waals surface area (Å²) < 4.78 is 24.8. The van der Waals surface area contributed by atoms with Crippen LogP contribution in [0.2, 0.25) is 0 Å². The van der Waals surface area contributed by atoms with Crippen molar-refractivity contribution in [2.75, 3.05) is 26.9 Å². The van der Waals surface area contributed by atoms with Gasteiger partial charge in [0, 0.05) is 28.8 Å². The predicted molar refractivity (Wildman–Crippen MR) is 128 cm³/mol. The van der Waals surface area contributed by atoms with Gasteiger partial charge in [0.15, 0.2) is 0 Å². The highest BCUT2D eigenvalue weighted by Gasteiger charge is 2.04. The maximum absolute atomic E-state index is 12.1. The highest BCUT2D eigenvalue weighted by atomic mass is 32.2. The van der Waals surface area contributed by atoms with Crippen LogP contribution in [0, 0.1) is 0 Å². The fourth-order valence-electron chi connectivity index (χ4n) is 2.68. The average Bonchev–Trinajstić information content (AvgIpc) is 2.74. The Labute approximate surface area is 186 Å². The van der Waals surface area contributed by atoms with E-state index in [1.807, 2.05) is 18.2 Å². The molecule has 0 atom stereocenters. The Bertz CT molecular complexity index is 1210. The molecule has 0 bridgehead atoms. The fraction of sp³-hybridized carbons (Fsp3) is 0.0435. The molecule has 0 aliphatic carbocycles. The second kappa shape index (κ2) is 10.3. The molecule has 0 saturated heterocycles. The van der Waals surface area contributed by atoms with Crippen LogP contribution in [-0.4, -0.2) is 26.6 Å². The van der Waals surface area contributed by atoms with Gasteiger partial charge in [0.1, 0.15) is 0 Å². The van der Waals surface area contributed by atoms with Gasteiger partial charge in [-0.05, 0) is 60.2 Å². The number of hydrogen-bond donors (Lipinski definition) is 4. The van der Waals surface area contributed by atoms with Gasteiger partial charge in [0.05, 0.1) is 6.26 Å². The molecule has 0 aromatic heterocycles. The molecule has 32 heavy (non-hydrogen) atoms. The van der Waals surface area contributed by atoms with Crippen LogP contribution in [0.4, 0.5) is 27.5 Å². The Kier molecular flexibility index (Phi) is 7.25. The molecule has 0 heterocycles. The molecule has 0 radical (unpaired) electrons. The number of nitrogens with one attached hydrogen (secondary N) is 4. The number of carbonyl (C=O) groups is 2. The third-order valence-corrected chi connectivity index (χ3v) is 4.69. The maximum Gasteiger partial charge on any atom is 0.323 e. The number of amides is 3. The summed E-state index contributed by atoms with van der Waals surface area (Å²) >= 11 is 0. The molecule has 4 N–H and O–H groups in total. The normalized spacial score (nSPS) is 11.0. The number of benzene rings is 3. The minimum Gasteiger partial charge on any atom is -0.323 e. The van der Waals surface area contributed by atoms with Gasteiger partial charge in [-0.1, -0.05) is 30.3 Å². The summed E-state index contributed by atoms with van der Waals surface area (Å²) in [5.41, 5.74) is 3.02. The highest BCUT2D eigenvalue weighted by Crippen LogP contribution is 2.15. The van der Waals surface area contributed by atoms with Crippen LogP contribution >= 0.6 is 0 Å². The topological polar surface area (TPSA) is 116 Å². The van der Waals surface area contributed by atoms with Crippen LogP contribution in [0.1, 0.15) is 5.56 Å². The third-order valence-electron chi connectivity index (χ3n) is 4.08. The van der Waals surface area contributed by atoms with Crippen molar-refractivity contribution in [2.24, 2.45) is 0 Å². The lowest BCUT2D eigenvalue weighted by Gasteiger charge is -2.08. The SMILES string of the molecule is CS(=O)(=O)Nc1ccc(C=CC(=O)Nc2ccc(NC(=O)Nc3ccccc3)cc2)cc1. The summed E-state index contributed by atoms with van der Waals surface area (Å²) in [6, 6.07) is 22.0. The molecule has 3 amide bonds.